The molecule has 0 spiro atoms. The Hall–Kier alpha value is -2.42. The van der Waals surface area contributed by atoms with Gasteiger partial charge in [0.2, 0.25) is 0 Å². The van der Waals surface area contributed by atoms with Crippen LogP contribution in [0.1, 0.15) is 45.3 Å². The van der Waals surface area contributed by atoms with Gasteiger partial charge >= 0.3 is 35.5 Å². The van der Waals surface area contributed by atoms with Gasteiger partial charge in [0, 0.05) is 23.1 Å². The minimum Gasteiger partial charge on any atom is -1.00 e. The molecule has 0 aliphatic carbocycles. The molecule has 3 aromatic rings. The fraction of sp³-hybridized carbons (Fsp3) is 0.269. The minimum absolute atomic E-state index is 0. The third-order valence-electron chi connectivity index (χ3n) is 5.08. The van der Waals surface area contributed by atoms with Crippen LogP contribution in [0.2, 0.25) is 0 Å². The van der Waals surface area contributed by atoms with Crippen LogP contribution in [0.15, 0.2) is 60.7 Å². The molecule has 2 atom stereocenters. The first-order valence-corrected chi connectivity index (χ1v) is 10.7. The van der Waals surface area contributed by atoms with Crippen molar-refractivity contribution in [3.63, 3.8) is 0 Å². The molecule has 1 aromatic heterocycles. The number of rotatable bonds is 9. The molecule has 0 aliphatic rings. The Morgan fingerprint density at radius 3 is 2.26 bits per heavy atom. The fourth-order valence-corrected chi connectivity index (χ4v) is 3.48. The summed E-state index contributed by atoms with van der Waals surface area (Å²) in [6.07, 6.45) is 0.382. The fourth-order valence-electron chi connectivity index (χ4n) is 3.48. The summed E-state index contributed by atoms with van der Waals surface area (Å²) in [5, 5.41) is 28.9. The zero-order valence-electron chi connectivity index (χ0n) is 20.5. The van der Waals surface area contributed by atoms with Crippen molar-refractivity contribution >= 4 is 12.0 Å². The molecule has 1 heterocycles. The maximum Gasteiger partial charge on any atom is 1.00 e. The Labute approximate surface area is 222 Å². The second-order valence-electron chi connectivity index (χ2n) is 8.14. The van der Waals surface area contributed by atoms with Crippen molar-refractivity contribution in [1.82, 2.24) is 9.97 Å². The Kier molecular flexibility index (Phi) is 10.5. The van der Waals surface area contributed by atoms with Crippen molar-refractivity contribution in [2.45, 2.75) is 44.8 Å². The number of hydrogen-bond acceptors (Lipinski definition) is 5. The quantitative estimate of drug-likeness (QED) is 0.409. The van der Waals surface area contributed by atoms with E-state index in [1.807, 2.05) is 44.2 Å². The molecule has 3 rings (SSSR count). The van der Waals surface area contributed by atoms with Crippen LogP contribution in [0.3, 0.4) is 0 Å². The number of nitrogens with zero attached hydrogens (tertiary/aromatic N) is 2. The summed E-state index contributed by atoms with van der Waals surface area (Å²) in [7, 11) is 0. The van der Waals surface area contributed by atoms with Gasteiger partial charge in [-0.25, -0.2) is 14.4 Å². The number of carboxylic acid groups (broad SMARTS) is 1. The number of aromatic nitrogens is 2. The van der Waals surface area contributed by atoms with Gasteiger partial charge in [-0.05, 0) is 30.2 Å². The van der Waals surface area contributed by atoms with Gasteiger partial charge in [0.05, 0.1) is 30.0 Å². The topological polar surface area (TPSA) is 104 Å². The van der Waals surface area contributed by atoms with Crippen LogP contribution in [0, 0.1) is 5.82 Å². The van der Waals surface area contributed by atoms with Crippen LogP contribution in [0.25, 0.3) is 28.7 Å². The zero-order chi connectivity index (χ0) is 24.0. The van der Waals surface area contributed by atoms with Gasteiger partial charge in [0.15, 0.2) is 5.82 Å². The van der Waals surface area contributed by atoms with Crippen LogP contribution in [0.5, 0.6) is 0 Å². The standard InChI is InChI=1S/C26H27FN2O4.Na.H/c1-16(2)24-22(13-12-20(30)14-21(31)15-23(32)33)25(17-8-10-19(27)11-9-17)29-26(28-24)18-6-4-3-5-7-18;;/h3-13,16,20-21,30-31H,14-15H2,1-2H3,(H,32,33);;/q;+1;-1/b13-12+;;/t20-,21?;;/m1../s1. The van der Waals surface area contributed by atoms with E-state index in [0.717, 1.165) is 11.3 Å². The minimum atomic E-state index is -1.17. The van der Waals surface area contributed by atoms with E-state index >= 15 is 0 Å². The molecular formula is C26H28FN2NaO4. The number of aliphatic carboxylic acids is 1. The molecule has 8 heteroatoms. The Morgan fingerprint density at radius 2 is 1.68 bits per heavy atom. The van der Waals surface area contributed by atoms with E-state index in [1.54, 1.807) is 18.2 Å². The van der Waals surface area contributed by atoms with E-state index in [1.165, 1.54) is 18.2 Å². The molecule has 6 nitrogen and oxygen atoms in total. The van der Waals surface area contributed by atoms with Gasteiger partial charge in [0.1, 0.15) is 5.82 Å². The van der Waals surface area contributed by atoms with Crippen molar-refractivity contribution < 1.29 is 55.5 Å². The molecule has 0 aliphatic heterocycles. The van der Waals surface area contributed by atoms with Gasteiger partial charge < -0.3 is 16.7 Å². The summed E-state index contributed by atoms with van der Waals surface area (Å²) < 4.78 is 13.6. The number of aliphatic hydroxyl groups is 2. The van der Waals surface area contributed by atoms with Gasteiger partial charge in [-0.2, -0.15) is 0 Å². The first-order chi connectivity index (χ1) is 15.7. The van der Waals surface area contributed by atoms with Crippen molar-refractivity contribution in [3.05, 3.63) is 77.7 Å². The van der Waals surface area contributed by atoms with E-state index in [-0.39, 0.29) is 49.1 Å². The summed E-state index contributed by atoms with van der Waals surface area (Å²) in [4.78, 5) is 20.3. The van der Waals surface area contributed by atoms with Crippen LogP contribution in [0.4, 0.5) is 4.39 Å². The van der Waals surface area contributed by atoms with Gasteiger partial charge in [-0.3, -0.25) is 4.79 Å². The summed E-state index contributed by atoms with van der Waals surface area (Å²) in [6.45, 7) is 3.99. The molecule has 0 saturated carbocycles. The molecule has 0 bridgehead atoms. The van der Waals surface area contributed by atoms with Crippen LogP contribution in [-0.4, -0.2) is 43.5 Å². The number of halogens is 1. The first kappa shape index (κ1) is 27.8. The predicted octanol–water partition coefficient (Wildman–Crippen LogP) is 1.79. The van der Waals surface area contributed by atoms with Crippen LogP contribution in [-0.2, 0) is 4.79 Å². The van der Waals surface area contributed by atoms with Crippen molar-refractivity contribution in [3.8, 4) is 22.6 Å². The van der Waals surface area contributed by atoms with Crippen molar-refractivity contribution in [2.75, 3.05) is 0 Å². The number of aliphatic hydroxyl groups excluding tert-OH is 2. The Bertz CT molecular complexity index is 1130. The third kappa shape index (κ3) is 7.55. The number of benzene rings is 2. The van der Waals surface area contributed by atoms with Crippen molar-refractivity contribution in [2.24, 2.45) is 0 Å². The summed E-state index contributed by atoms with van der Waals surface area (Å²) in [5.74, 6) is -0.943. The molecular weight excluding hydrogens is 446 g/mol. The van der Waals surface area contributed by atoms with Gasteiger partial charge in [-0.1, -0.05) is 56.3 Å². The zero-order valence-corrected chi connectivity index (χ0v) is 21.5. The number of carbonyl (C=O) groups is 1. The van der Waals surface area contributed by atoms with Crippen LogP contribution >= 0.6 is 0 Å². The Balaban J connectivity index is 0.00000306. The van der Waals surface area contributed by atoms with Crippen LogP contribution < -0.4 is 29.6 Å². The second kappa shape index (κ2) is 12.9. The largest absolute Gasteiger partial charge is 1.00 e. The van der Waals surface area contributed by atoms with E-state index in [9.17, 15) is 19.4 Å². The summed E-state index contributed by atoms with van der Waals surface area (Å²) >= 11 is 0. The maximum absolute atomic E-state index is 13.6. The summed E-state index contributed by atoms with van der Waals surface area (Å²) in [6, 6.07) is 15.5. The number of hydrogen-bond donors (Lipinski definition) is 3. The molecule has 0 saturated heterocycles. The maximum atomic E-state index is 13.6. The molecule has 0 fully saturated rings. The molecule has 34 heavy (non-hydrogen) atoms. The normalized spacial score (nSPS) is 13.0. The molecule has 174 valence electrons. The average Bonchev–Trinajstić information content (AvgIpc) is 2.77. The van der Waals surface area contributed by atoms with E-state index in [0.29, 0.717) is 22.6 Å². The van der Waals surface area contributed by atoms with E-state index in [2.05, 4.69) is 0 Å². The number of carboxylic acids is 1. The Morgan fingerprint density at radius 1 is 1.03 bits per heavy atom. The predicted molar refractivity (Wildman–Crippen MR) is 126 cm³/mol. The van der Waals surface area contributed by atoms with Gasteiger partial charge in [-0.15, -0.1) is 0 Å². The SMILES string of the molecule is CC(C)c1nc(-c2ccccc2)nc(-c2ccc(F)cc2)c1/C=C/[C@@H](O)CC(O)CC(=O)O.[H-].[Na+]. The molecule has 0 radical (unpaired) electrons. The second-order valence-corrected chi connectivity index (χ2v) is 8.14. The molecule has 2 aromatic carbocycles. The molecule has 0 amide bonds. The van der Waals surface area contributed by atoms with E-state index in [4.69, 9.17) is 15.1 Å². The average molecular weight is 475 g/mol. The van der Waals surface area contributed by atoms with E-state index < -0.39 is 24.6 Å². The third-order valence-corrected chi connectivity index (χ3v) is 5.08. The summed E-state index contributed by atoms with van der Waals surface area (Å²) in [5.41, 5.74) is 3.54. The molecule has 1 unspecified atom stereocenters. The molecule has 3 N–H and O–H groups in total. The first-order valence-electron chi connectivity index (χ1n) is 10.7. The monoisotopic (exact) mass is 474 g/mol. The van der Waals surface area contributed by atoms with Crippen molar-refractivity contribution in [1.29, 1.82) is 0 Å². The smallest absolute Gasteiger partial charge is 1.00 e. The van der Waals surface area contributed by atoms with Gasteiger partial charge in [0.25, 0.3) is 0 Å².